The summed E-state index contributed by atoms with van der Waals surface area (Å²) in [6.45, 7) is 6.71. The fraction of sp³-hybridized carbons (Fsp3) is 0.345. The van der Waals surface area contributed by atoms with Crippen LogP contribution in [0.2, 0.25) is 0 Å². The zero-order chi connectivity index (χ0) is 28.0. The molecule has 2 atom stereocenters. The minimum atomic E-state index is -1.66. The molecule has 1 heterocycles. The van der Waals surface area contributed by atoms with Crippen molar-refractivity contribution >= 4 is 35.2 Å². The van der Waals surface area contributed by atoms with E-state index in [1.54, 1.807) is 74.6 Å². The van der Waals surface area contributed by atoms with Gasteiger partial charge in [-0.1, -0.05) is 88.4 Å². The van der Waals surface area contributed by atoms with Crippen molar-refractivity contribution in [1.82, 2.24) is 15.1 Å². The van der Waals surface area contributed by atoms with E-state index in [4.69, 9.17) is 0 Å². The van der Waals surface area contributed by atoms with Gasteiger partial charge in [0, 0.05) is 18.5 Å². The van der Waals surface area contributed by atoms with Crippen LogP contribution in [0, 0.1) is 11.8 Å². The normalized spacial score (nSPS) is 16.3. The molecule has 1 unspecified atom stereocenters. The number of benzene rings is 2. The van der Waals surface area contributed by atoms with Crippen molar-refractivity contribution in [3.8, 4) is 0 Å². The predicted molar refractivity (Wildman–Crippen MR) is 141 cm³/mol. The highest BCUT2D eigenvalue weighted by Crippen LogP contribution is 2.30. The lowest BCUT2D eigenvalue weighted by atomic mass is 9.95. The van der Waals surface area contributed by atoms with Crippen molar-refractivity contribution in [2.45, 2.75) is 46.2 Å². The number of Topliss-reactive ketones (excluding diaryl/α,β-unsaturated/α-hetero) is 1. The van der Waals surface area contributed by atoms with Crippen LogP contribution in [0.5, 0.6) is 0 Å². The Morgan fingerprint density at radius 2 is 1.50 bits per heavy atom. The lowest BCUT2D eigenvalue weighted by Gasteiger charge is -2.41. The zero-order valence-corrected chi connectivity index (χ0v) is 22.0. The van der Waals surface area contributed by atoms with E-state index in [9.17, 15) is 29.1 Å². The number of ketones is 1. The Hall–Kier alpha value is -4.27. The average molecular weight is 520 g/mol. The Balaban J connectivity index is 1.96. The molecular formula is C29H33N3O6. The van der Waals surface area contributed by atoms with Gasteiger partial charge in [-0.15, -0.1) is 0 Å². The Bertz CT molecular complexity index is 1220. The standard InChI is InChI=1S/C29H33N3O6/c1-18(2)25-28(36)31(23(21-13-9-6-10-14-21)16-32(25)27(35)19(3)4)17-24(33)30-22(26(34)29(37)38)15-20-11-7-5-8-12-20/h5-14,16,18-19,22,25H,15,17H2,1-4H3,(H,30,33)(H,37,38)/t22-,25?/m0/s1. The molecule has 0 fully saturated rings. The summed E-state index contributed by atoms with van der Waals surface area (Å²) in [6.07, 6.45) is 1.58. The number of amides is 3. The molecule has 0 bridgehead atoms. The average Bonchev–Trinajstić information content (AvgIpc) is 2.89. The van der Waals surface area contributed by atoms with Gasteiger partial charge in [-0.2, -0.15) is 0 Å². The molecule has 1 aliphatic rings. The predicted octanol–water partition coefficient (Wildman–Crippen LogP) is 2.72. The van der Waals surface area contributed by atoms with Crippen molar-refractivity contribution < 1.29 is 29.1 Å². The minimum absolute atomic E-state index is 0.0155. The molecule has 0 spiro atoms. The highest BCUT2D eigenvalue weighted by molar-refractivity contribution is 6.35. The van der Waals surface area contributed by atoms with Crippen molar-refractivity contribution in [3.05, 3.63) is 78.0 Å². The van der Waals surface area contributed by atoms with Gasteiger partial charge < -0.3 is 15.3 Å². The van der Waals surface area contributed by atoms with E-state index < -0.39 is 42.2 Å². The first kappa shape index (κ1) is 28.3. The summed E-state index contributed by atoms with van der Waals surface area (Å²) in [5.74, 6) is -4.76. The van der Waals surface area contributed by atoms with Crippen LogP contribution in [0.3, 0.4) is 0 Å². The number of nitrogens with zero attached hydrogens (tertiary/aromatic N) is 2. The summed E-state index contributed by atoms with van der Waals surface area (Å²) in [5.41, 5.74) is 1.66. The summed E-state index contributed by atoms with van der Waals surface area (Å²) >= 11 is 0. The fourth-order valence-corrected chi connectivity index (χ4v) is 4.38. The van der Waals surface area contributed by atoms with E-state index in [1.807, 2.05) is 19.9 Å². The number of hydrogen-bond acceptors (Lipinski definition) is 5. The molecule has 0 aliphatic carbocycles. The number of rotatable bonds is 10. The molecule has 0 saturated carbocycles. The van der Waals surface area contributed by atoms with E-state index in [0.29, 0.717) is 16.8 Å². The van der Waals surface area contributed by atoms with Gasteiger partial charge in [-0.25, -0.2) is 4.79 Å². The van der Waals surface area contributed by atoms with E-state index in [1.165, 1.54) is 9.80 Å². The van der Waals surface area contributed by atoms with Crippen LogP contribution in [0.15, 0.2) is 66.9 Å². The third-order valence-electron chi connectivity index (χ3n) is 6.27. The van der Waals surface area contributed by atoms with Crippen LogP contribution >= 0.6 is 0 Å². The molecule has 2 aromatic rings. The van der Waals surface area contributed by atoms with Crippen LogP contribution in [0.1, 0.15) is 38.8 Å². The summed E-state index contributed by atoms with van der Waals surface area (Å²) in [5, 5.41) is 11.8. The largest absolute Gasteiger partial charge is 0.475 e. The van der Waals surface area contributed by atoms with Gasteiger partial charge in [-0.3, -0.25) is 24.1 Å². The molecule has 9 nitrogen and oxygen atoms in total. The summed E-state index contributed by atoms with van der Waals surface area (Å²) in [6, 6.07) is 15.5. The first-order chi connectivity index (χ1) is 18.0. The second-order valence-electron chi connectivity index (χ2n) is 9.87. The second-order valence-corrected chi connectivity index (χ2v) is 9.87. The maximum Gasteiger partial charge on any atom is 0.374 e. The maximum atomic E-state index is 13.8. The van der Waals surface area contributed by atoms with E-state index >= 15 is 0 Å². The Labute approximate surface area is 222 Å². The van der Waals surface area contributed by atoms with Crippen molar-refractivity contribution in [2.24, 2.45) is 11.8 Å². The van der Waals surface area contributed by atoms with Gasteiger partial charge in [0.15, 0.2) is 0 Å². The molecule has 3 rings (SSSR count). The maximum absolute atomic E-state index is 13.8. The number of carboxylic acids is 1. The number of carbonyl (C=O) groups is 5. The molecular weight excluding hydrogens is 486 g/mol. The fourth-order valence-electron chi connectivity index (χ4n) is 4.38. The quantitative estimate of drug-likeness (QED) is 0.465. The number of carboxylic acid groups (broad SMARTS) is 1. The Morgan fingerprint density at radius 1 is 0.921 bits per heavy atom. The smallest absolute Gasteiger partial charge is 0.374 e. The zero-order valence-electron chi connectivity index (χ0n) is 22.0. The summed E-state index contributed by atoms with van der Waals surface area (Å²) in [7, 11) is 0. The van der Waals surface area contributed by atoms with Gasteiger partial charge in [0.2, 0.25) is 11.8 Å². The highest BCUT2D eigenvalue weighted by atomic mass is 16.4. The van der Waals surface area contributed by atoms with Gasteiger partial charge in [0.05, 0.1) is 5.70 Å². The molecule has 0 radical (unpaired) electrons. The molecule has 2 N–H and O–H groups in total. The highest BCUT2D eigenvalue weighted by Gasteiger charge is 2.41. The summed E-state index contributed by atoms with van der Waals surface area (Å²) in [4.78, 5) is 66.6. The monoisotopic (exact) mass is 519 g/mol. The third kappa shape index (κ3) is 6.53. The van der Waals surface area contributed by atoms with Crippen molar-refractivity contribution in [2.75, 3.05) is 6.54 Å². The van der Waals surface area contributed by atoms with Crippen LogP contribution < -0.4 is 5.32 Å². The molecule has 200 valence electrons. The van der Waals surface area contributed by atoms with E-state index in [2.05, 4.69) is 5.32 Å². The number of aliphatic carboxylic acids is 1. The van der Waals surface area contributed by atoms with Crippen LogP contribution in [-0.4, -0.2) is 63.0 Å². The summed E-state index contributed by atoms with van der Waals surface area (Å²) < 4.78 is 0. The molecule has 0 saturated heterocycles. The number of hydrogen-bond donors (Lipinski definition) is 2. The topological polar surface area (TPSA) is 124 Å². The molecule has 38 heavy (non-hydrogen) atoms. The number of carbonyl (C=O) groups excluding carboxylic acids is 4. The number of nitrogens with one attached hydrogen (secondary N) is 1. The minimum Gasteiger partial charge on any atom is -0.475 e. The van der Waals surface area contributed by atoms with Crippen molar-refractivity contribution in [3.63, 3.8) is 0 Å². The second kappa shape index (κ2) is 12.3. The molecule has 2 aromatic carbocycles. The van der Waals surface area contributed by atoms with Gasteiger partial charge in [-0.05, 0) is 17.0 Å². The van der Waals surface area contributed by atoms with Gasteiger partial charge >= 0.3 is 5.97 Å². The molecule has 9 heteroatoms. The van der Waals surface area contributed by atoms with Crippen molar-refractivity contribution in [1.29, 1.82) is 0 Å². The lowest BCUT2D eigenvalue weighted by molar-refractivity contribution is -0.150. The van der Waals surface area contributed by atoms with Crippen LogP contribution in [0.4, 0.5) is 0 Å². The van der Waals surface area contributed by atoms with Crippen LogP contribution in [-0.2, 0) is 30.4 Å². The lowest BCUT2D eigenvalue weighted by Crippen LogP contribution is -2.57. The molecule has 3 amide bonds. The van der Waals surface area contributed by atoms with Crippen LogP contribution in [0.25, 0.3) is 5.70 Å². The Morgan fingerprint density at radius 3 is 2.03 bits per heavy atom. The molecule has 1 aliphatic heterocycles. The molecule has 0 aromatic heterocycles. The first-order valence-corrected chi connectivity index (χ1v) is 12.5. The van der Waals surface area contributed by atoms with Gasteiger partial charge in [0.1, 0.15) is 18.6 Å². The third-order valence-corrected chi connectivity index (χ3v) is 6.27. The first-order valence-electron chi connectivity index (χ1n) is 12.5. The SMILES string of the molecule is CC(C)C(=O)N1C=C(c2ccccc2)N(CC(=O)N[C@@H](Cc2ccccc2)C(=O)C(=O)O)C(=O)C1C(C)C. The van der Waals surface area contributed by atoms with E-state index in [0.717, 1.165) is 0 Å². The van der Waals surface area contributed by atoms with E-state index in [-0.39, 0.29) is 24.2 Å². The Kier molecular flexibility index (Phi) is 9.17. The van der Waals surface area contributed by atoms with Gasteiger partial charge in [0.25, 0.3) is 11.7 Å².